The molecule has 1 atom stereocenters. The van der Waals surface area contributed by atoms with Crippen molar-refractivity contribution in [3.63, 3.8) is 0 Å². The van der Waals surface area contributed by atoms with Gasteiger partial charge in [0.05, 0.1) is 11.6 Å². The highest BCUT2D eigenvalue weighted by Crippen LogP contribution is 2.29. The Kier molecular flexibility index (Phi) is 7.26. The predicted octanol–water partition coefficient (Wildman–Crippen LogP) is 7.61. The van der Waals surface area contributed by atoms with E-state index in [4.69, 9.17) is 0 Å². The molecular weight excluding hydrogens is 503 g/mol. The zero-order chi connectivity index (χ0) is 28.6. The van der Waals surface area contributed by atoms with Crippen molar-refractivity contribution in [2.75, 3.05) is 0 Å². The minimum atomic E-state index is -0.948. The van der Waals surface area contributed by atoms with Crippen LogP contribution in [-0.2, 0) is 6.54 Å². The first kappa shape index (κ1) is 26.9. The molecule has 0 aliphatic rings. The van der Waals surface area contributed by atoms with Crippen molar-refractivity contribution >= 4 is 22.8 Å². The number of fused-ring (bicyclic) bond motifs is 1. The molecule has 0 saturated carbocycles. The molecule has 0 saturated heterocycles. The second kappa shape index (κ2) is 10.8. The van der Waals surface area contributed by atoms with Gasteiger partial charge < -0.3 is 15.0 Å². The Labute approximate surface area is 232 Å². The molecule has 2 N–H and O–H groups in total. The topological polar surface area (TPSA) is 71.3 Å². The highest BCUT2D eigenvalue weighted by atomic mass is 19.1. The quantitative estimate of drug-likeness (QED) is 0.226. The number of aromatic carboxylic acids is 1. The van der Waals surface area contributed by atoms with Crippen LogP contribution >= 0.6 is 0 Å². The van der Waals surface area contributed by atoms with E-state index in [-0.39, 0.29) is 23.3 Å². The number of aryl methyl sites for hydroxylation is 2. The summed E-state index contributed by atoms with van der Waals surface area (Å²) >= 11 is 0. The highest BCUT2D eigenvalue weighted by molar-refractivity contribution is 5.99. The van der Waals surface area contributed by atoms with E-state index in [0.29, 0.717) is 17.7 Å². The van der Waals surface area contributed by atoms with Gasteiger partial charge in [0.25, 0.3) is 5.91 Å². The summed E-state index contributed by atoms with van der Waals surface area (Å²) in [5, 5.41) is 13.6. The van der Waals surface area contributed by atoms with E-state index in [0.717, 1.165) is 44.4 Å². The molecule has 202 valence electrons. The van der Waals surface area contributed by atoms with Crippen molar-refractivity contribution < 1.29 is 19.1 Å². The first-order valence-electron chi connectivity index (χ1n) is 13.2. The largest absolute Gasteiger partial charge is 0.478 e. The third kappa shape index (κ3) is 5.13. The number of hydrogen-bond donors (Lipinski definition) is 2. The summed E-state index contributed by atoms with van der Waals surface area (Å²) in [4.78, 5) is 24.8. The number of carbonyl (C=O) groups excluding carboxylic acids is 1. The van der Waals surface area contributed by atoms with Crippen molar-refractivity contribution in [2.24, 2.45) is 0 Å². The number of aromatic nitrogens is 1. The van der Waals surface area contributed by atoms with Crippen molar-refractivity contribution in [1.82, 2.24) is 9.88 Å². The Hall–Kier alpha value is -4.71. The summed E-state index contributed by atoms with van der Waals surface area (Å²) in [6.07, 6.45) is 0. The summed E-state index contributed by atoms with van der Waals surface area (Å²) in [5.41, 5.74) is 8.37. The van der Waals surface area contributed by atoms with Gasteiger partial charge >= 0.3 is 5.97 Å². The van der Waals surface area contributed by atoms with Crippen molar-refractivity contribution in [3.05, 3.63) is 130 Å². The molecule has 6 heteroatoms. The molecule has 40 heavy (non-hydrogen) atoms. The maximum Gasteiger partial charge on any atom is 0.336 e. The third-order valence-electron chi connectivity index (χ3n) is 7.72. The molecule has 0 bridgehead atoms. The van der Waals surface area contributed by atoms with Gasteiger partial charge in [-0.05, 0) is 97.5 Å². The van der Waals surface area contributed by atoms with Crippen LogP contribution in [-0.4, -0.2) is 21.6 Å². The van der Waals surface area contributed by atoms with Crippen LogP contribution in [0, 0.1) is 26.6 Å². The molecule has 1 aromatic heterocycles. The number of carbonyl (C=O) groups is 2. The highest BCUT2D eigenvalue weighted by Gasteiger charge is 2.18. The summed E-state index contributed by atoms with van der Waals surface area (Å²) in [6.45, 7) is 8.52. The molecule has 5 nitrogen and oxygen atoms in total. The molecule has 1 amide bonds. The zero-order valence-electron chi connectivity index (χ0n) is 23.0. The maximum atomic E-state index is 13.8. The minimum absolute atomic E-state index is 0.208. The van der Waals surface area contributed by atoms with Gasteiger partial charge in [0.1, 0.15) is 5.82 Å². The lowest BCUT2D eigenvalue weighted by Crippen LogP contribution is -2.27. The number of hydrogen-bond acceptors (Lipinski definition) is 2. The van der Waals surface area contributed by atoms with Gasteiger partial charge in [-0.2, -0.15) is 0 Å². The van der Waals surface area contributed by atoms with Crippen LogP contribution in [0.3, 0.4) is 0 Å². The number of halogens is 1. The van der Waals surface area contributed by atoms with Gasteiger partial charge in [0, 0.05) is 28.7 Å². The van der Waals surface area contributed by atoms with Crippen LogP contribution in [0.15, 0.2) is 84.9 Å². The van der Waals surface area contributed by atoms with Gasteiger partial charge in [-0.15, -0.1) is 0 Å². The van der Waals surface area contributed by atoms with Gasteiger partial charge in [0.2, 0.25) is 0 Å². The molecule has 0 aliphatic heterocycles. The molecule has 0 radical (unpaired) electrons. The van der Waals surface area contributed by atoms with Crippen LogP contribution in [0.2, 0.25) is 0 Å². The van der Waals surface area contributed by atoms with Gasteiger partial charge in [-0.1, -0.05) is 48.5 Å². The van der Waals surface area contributed by atoms with Crippen LogP contribution < -0.4 is 5.32 Å². The number of nitrogens with zero attached hydrogens (tertiary/aromatic N) is 1. The third-order valence-corrected chi connectivity index (χ3v) is 7.72. The van der Waals surface area contributed by atoms with Crippen LogP contribution in [0.25, 0.3) is 22.0 Å². The molecule has 5 rings (SSSR count). The SMILES string of the molecule is Cc1ccc(F)cc1[C@@H](C)NC(=O)c1ccc2c(c1)c(C)c(C)n2Cc1ccc(-c2ccccc2C(=O)O)cc1. The number of nitrogens with one attached hydrogen (secondary N) is 1. The zero-order valence-corrected chi connectivity index (χ0v) is 23.0. The lowest BCUT2D eigenvalue weighted by atomic mass is 9.99. The number of rotatable bonds is 7. The summed E-state index contributed by atoms with van der Waals surface area (Å²) < 4.78 is 16.0. The predicted molar refractivity (Wildman–Crippen MR) is 156 cm³/mol. The first-order chi connectivity index (χ1) is 19.1. The molecule has 4 aromatic carbocycles. The Morgan fingerprint density at radius 2 is 1.65 bits per heavy atom. The molecule has 1 heterocycles. The van der Waals surface area contributed by atoms with E-state index in [1.54, 1.807) is 18.2 Å². The average Bonchev–Trinajstić information content (AvgIpc) is 3.18. The Morgan fingerprint density at radius 3 is 2.38 bits per heavy atom. The summed E-state index contributed by atoms with van der Waals surface area (Å²) in [6, 6.07) is 24.9. The number of carboxylic acids is 1. The maximum absolute atomic E-state index is 13.8. The van der Waals surface area contributed by atoms with E-state index in [9.17, 15) is 19.1 Å². The van der Waals surface area contributed by atoms with E-state index in [1.807, 2.05) is 68.4 Å². The lowest BCUT2D eigenvalue weighted by Gasteiger charge is -2.17. The molecule has 0 aliphatic carbocycles. The molecule has 0 fully saturated rings. The second-order valence-corrected chi connectivity index (χ2v) is 10.3. The van der Waals surface area contributed by atoms with Crippen LogP contribution in [0.4, 0.5) is 4.39 Å². The van der Waals surface area contributed by atoms with Crippen molar-refractivity contribution in [2.45, 2.75) is 40.3 Å². The lowest BCUT2D eigenvalue weighted by molar-refractivity contribution is 0.0697. The summed E-state index contributed by atoms with van der Waals surface area (Å²) in [7, 11) is 0. The van der Waals surface area contributed by atoms with E-state index < -0.39 is 5.97 Å². The van der Waals surface area contributed by atoms with Gasteiger partial charge in [0.15, 0.2) is 0 Å². The molecule has 0 spiro atoms. The normalized spacial score (nSPS) is 11.9. The monoisotopic (exact) mass is 534 g/mol. The standard InChI is InChI=1S/C34H31FN2O3/c1-20-9-15-27(35)18-30(20)22(3)36-33(38)26-14-16-32-31(17-26)21(2)23(4)37(32)19-24-10-12-25(13-11-24)28-7-5-6-8-29(28)34(39)40/h5-18,22H,19H2,1-4H3,(H,36,38)(H,39,40)/t22-/m1/s1. The van der Waals surface area contributed by atoms with Crippen molar-refractivity contribution in [3.8, 4) is 11.1 Å². The smallest absolute Gasteiger partial charge is 0.336 e. The summed E-state index contributed by atoms with van der Waals surface area (Å²) in [5.74, 6) is -1.48. The van der Waals surface area contributed by atoms with Gasteiger partial charge in [-0.25, -0.2) is 9.18 Å². The number of carboxylic acid groups (broad SMARTS) is 1. The molecular formula is C34H31FN2O3. The fraction of sp³-hybridized carbons (Fsp3) is 0.176. The molecule has 0 unspecified atom stereocenters. The number of benzene rings is 4. The number of amides is 1. The van der Waals surface area contributed by atoms with Gasteiger partial charge in [-0.3, -0.25) is 4.79 Å². The Bertz CT molecular complexity index is 1750. The van der Waals surface area contributed by atoms with Crippen LogP contribution in [0.5, 0.6) is 0 Å². The minimum Gasteiger partial charge on any atom is -0.478 e. The average molecular weight is 535 g/mol. The Balaban J connectivity index is 1.39. The first-order valence-corrected chi connectivity index (χ1v) is 13.2. The van der Waals surface area contributed by atoms with E-state index in [2.05, 4.69) is 23.7 Å². The Morgan fingerprint density at radius 1 is 0.925 bits per heavy atom. The van der Waals surface area contributed by atoms with Crippen molar-refractivity contribution in [1.29, 1.82) is 0 Å². The van der Waals surface area contributed by atoms with E-state index in [1.165, 1.54) is 12.1 Å². The molecule has 5 aromatic rings. The second-order valence-electron chi connectivity index (χ2n) is 10.3. The fourth-order valence-corrected chi connectivity index (χ4v) is 5.32. The van der Waals surface area contributed by atoms with E-state index >= 15 is 0 Å². The fourth-order valence-electron chi connectivity index (χ4n) is 5.32. The van der Waals surface area contributed by atoms with Crippen LogP contribution in [0.1, 0.15) is 61.6 Å².